The molecule has 1 aromatic heterocycles. The van der Waals surface area contributed by atoms with Crippen molar-refractivity contribution in [3.8, 4) is 0 Å². The zero-order valence-electron chi connectivity index (χ0n) is 9.26. The van der Waals surface area contributed by atoms with Crippen molar-refractivity contribution in [2.75, 3.05) is 19.7 Å². The number of likely N-dealkylation sites (tertiary alicyclic amines) is 1. The standard InChI is InChI=1S/C12H13N3O2/c16-7-8-5-15(6-8)12(17)11-9-3-1-2-4-10(9)13-14-11/h1-4,8,16H,5-7H2,(H,13,14). The van der Waals surface area contributed by atoms with E-state index in [1.54, 1.807) is 4.90 Å². The molecule has 17 heavy (non-hydrogen) atoms. The van der Waals surface area contributed by atoms with E-state index >= 15 is 0 Å². The maximum absolute atomic E-state index is 12.1. The second-order valence-electron chi connectivity index (χ2n) is 4.38. The van der Waals surface area contributed by atoms with E-state index in [1.807, 2.05) is 24.3 Å². The van der Waals surface area contributed by atoms with E-state index in [-0.39, 0.29) is 18.4 Å². The van der Waals surface area contributed by atoms with Gasteiger partial charge in [0.1, 0.15) is 0 Å². The van der Waals surface area contributed by atoms with E-state index < -0.39 is 0 Å². The summed E-state index contributed by atoms with van der Waals surface area (Å²) in [5.74, 6) is 0.163. The molecule has 1 aromatic carbocycles. The minimum absolute atomic E-state index is 0.0628. The molecule has 2 aromatic rings. The van der Waals surface area contributed by atoms with Crippen molar-refractivity contribution in [1.82, 2.24) is 15.1 Å². The second kappa shape index (κ2) is 3.85. The number of nitrogens with one attached hydrogen (secondary N) is 1. The van der Waals surface area contributed by atoms with Crippen LogP contribution in [0.5, 0.6) is 0 Å². The van der Waals surface area contributed by atoms with E-state index in [0.717, 1.165) is 10.9 Å². The number of nitrogens with zero attached hydrogens (tertiary/aromatic N) is 2. The summed E-state index contributed by atoms with van der Waals surface area (Å²) < 4.78 is 0. The van der Waals surface area contributed by atoms with Gasteiger partial charge in [0.2, 0.25) is 0 Å². The molecule has 1 saturated heterocycles. The third-order valence-corrected chi connectivity index (χ3v) is 3.18. The Kier molecular flexibility index (Phi) is 2.33. The summed E-state index contributed by atoms with van der Waals surface area (Å²) in [4.78, 5) is 13.8. The first-order chi connectivity index (χ1) is 8.29. The number of aliphatic hydroxyl groups excluding tert-OH is 1. The Labute approximate surface area is 98.0 Å². The summed E-state index contributed by atoms with van der Waals surface area (Å²) in [5.41, 5.74) is 1.34. The van der Waals surface area contributed by atoms with Crippen molar-refractivity contribution in [1.29, 1.82) is 0 Å². The summed E-state index contributed by atoms with van der Waals surface area (Å²) >= 11 is 0. The number of H-pyrrole nitrogens is 1. The Bertz CT molecular complexity index is 558. The van der Waals surface area contributed by atoms with Crippen LogP contribution >= 0.6 is 0 Å². The van der Waals surface area contributed by atoms with Crippen LogP contribution in [-0.4, -0.2) is 45.8 Å². The molecular weight excluding hydrogens is 218 g/mol. The predicted octanol–water partition coefficient (Wildman–Crippen LogP) is 0.627. The minimum atomic E-state index is -0.0628. The highest BCUT2D eigenvalue weighted by Crippen LogP contribution is 2.21. The molecule has 0 unspecified atom stereocenters. The summed E-state index contributed by atoms with van der Waals surface area (Å²) in [7, 11) is 0. The second-order valence-corrected chi connectivity index (χ2v) is 4.38. The van der Waals surface area contributed by atoms with E-state index in [0.29, 0.717) is 18.8 Å². The molecule has 1 aliphatic heterocycles. The quantitative estimate of drug-likeness (QED) is 0.796. The highest BCUT2D eigenvalue weighted by Gasteiger charge is 2.32. The number of fused-ring (bicyclic) bond motifs is 1. The van der Waals surface area contributed by atoms with E-state index in [9.17, 15) is 4.79 Å². The van der Waals surface area contributed by atoms with Gasteiger partial charge in [0.25, 0.3) is 5.91 Å². The number of aliphatic hydroxyl groups is 1. The van der Waals surface area contributed by atoms with E-state index in [1.165, 1.54) is 0 Å². The molecule has 88 valence electrons. The predicted molar refractivity (Wildman–Crippen MR) is 62.6 cm³/mol. The molecule has 1 amide bonds. The number of rotatable bonds is 2. The number of benzene rings is 1. The van der Waals surface area contributed by atoms with Gasteiger partial charge in [-0.25, -0.2) is 0 Å². The molecule has 0 aliphatic carbocycles. The van der Waals surface area contributed by atoms with Crippen LogP contribution in [0.4, 0.5) is 0 Å². The average molecular weight is 231 g/mol. The van der Waals surface area contributed by atoms with Crippen LogP contribution in [0.1, 0.15) is 10.5 Å². The van der Waals surface area contributed by atoms with Crippen molar-refractivity contribution in [3.63, 3.8) is 0 Å². The van der Waals surface area contributed by atoms with Gasteiger partial charge in [0, 0.05) is 31.0 Å². The number of carbonyl (C=O) groups excluding carboxylic acids is 1. The smallest absolute Gasteiger partial charge is 0.275 e. The van der Waals surface area contributed by atoms with Gasteiger partial charge >= 0.3 is 0 Å². The van der Waals surface area contributed by atoms with Gasteiger partial charge in [-0.1, -0.05) is 18.2 Å². The Morgan fingerprint density at radius 1 is 1.47 bits per heavy atom. The van der Waals surface area contributed by atoms with E-state index in [2.05, 4.69) is 10.2 Å². The zero-order valence-corrected chi connectivity index (χ0v) is 9.26. The number of aromatic amines is 1. The molecule has 0 radical (unpaired) electrons. The largest absolute Gasteiger partial charge is 0.396 e. The van der Waals surface area contributed by atoms with Crippen molar-refractivity contribution in [2.45, 2.75) is 0 Å². The fourth-order valence-corrected chi connectivity index (χ4v) is 2.13. The molecule has 5 nitrogen and oxygen atoms in total. The van der Waals surface area contributed by atoms with Crippen LogP contribution in [0.3, 0.4) is 0 Å². The molecule has 2 heterocycles. The maximum Gasteiger partial charge on any atom is 0.275 e. The SMILES string of the molecule is O=C(c1n[nH]c2ccccc12)N1CC(CO)C1. The van der Waals surface area contributed by atoms with Crippen LogP contribution < -0.4 is 0 Å². The van der Waals surface area contributed by atoms with Crippen LogP contribution in [0, 0.1) is 5.92 Å². The van der Waals surface area contributed by atoms with Crippen LogP contribution in [0.15, 0.2) is 24.3 Å². The van der Waals surface area contributed by atoms with Gasteiger partial charge in [-0.05, 0) is 6.07 Å². The summed E-state index contributed by atoms with van der Waals surface area (Å²) in [6.45, 7) is 1.39. The van der Waals surface area contributed by atoms with Gasteiger partial charge < -0.3 is 10.0 Å². The van der Waals surface area contributed by atoms with Crippen molar-refractivity contribution in [3.05, 3.63) is 30.0 Å². The maximum atomic E-state index is 12.1. The number of aromatic nitrogens is 2. The van der Waals surface area contributed by atoms with E-state index in [4.69, 9.17) is 5.11 Å². The Balaban J connectivity index is 1.87. The first kappa shape index (κ1) is 10.3. The molecule has 0 atom stereocenters. The molecule has 0 saturated carbocycles. The fraction of sp³-hybridized carbons (Fsp3) is 0.333. The molecular formula is C12H13N3O2. The molecule has 2 N–H and O–H groups in total. The highest BCUT2D eigenvalue weighted by atomic mass is 16.3. The third-order valence-electron chi connectivity index (χ3n) is 3.18. The van der Waals surface area contributed by atoms with Crippen molar-refractivity contribution >= 4 is 16.8 Å². The molecule has 1 fully saturated rings. The Morgan fingerprint density at radius 3 is 3.00 bits per heavy atom. The molecule has 5 heteroatoms. The van der Waals surface area contributed by atoms with Gasteiger partial charge in [-0.2, -0.15) is 5.10 Å². The number of hydrogen-bond acceptors (Lipinski definition) is 3. The lowest BCUT2D eigenvalue weighted by Gasteiger charge is -2.37. The Morgan fingerprint density at radius 2 is 2.24 bits per heavy atom. The topological polar surface area (TPSA) is 69.2 Å². The van der Waals surface area contributed by atoms with Crippen LogP contribution in [-0.2, 0) is 0 Å². The average Bonchev–Trinajstić information content (AvgIpc) is 2.71. The first-order valence-corrected chi connectivity index (χ1v) is 5.63. The number of amides is 1. The highest BCUT2D eigenvalue weighted by molar-refractivity contribution is 6.04. The number of hydrogen-bond donors (Lipinski definition) is 2. The van der Waals surface area contributed by atoms with Crippen molar-refractivity contribution in [2.24, 2.45) is 5.92 Å². The van der Waals surface area contributed by atoms with Gasteiger partial charge in [-0.15, -0.1) is 0 Å². The lowest BCUT2D eigenvalue weighted by atomic mass is 10.0. The molecule has 0 bridgehead atoms. The zero-order chi connectivity index (χ0) is 11.8. The Hall–Kier alpha value is -1.88. The molecule has 1 aliphatic rings. The molecule has 3 rings (SSSR count). The lowest BCUT2D eigenvalue weighted by molar-refractivity contribution is 0.0358. The van der Waals surface area contributed by atoms with Gasteiger partial charge in [0.05, 0.1) is 5.52 Å². The van der Waals surface area contributed by atoms with Crippen LogP contribution in [0.25, 0.3) is 10.9 Å². The first-order valence-electron chi connectivity index (χ1n) is 5.63. The van der Waals surface area contributed by atoms with Gasteiger partial charge in [-0.3, -0.25) is 9.89 Å². The summed E-state index contributed by atoms with van der Waals surface area (Å²) in [6, 6.07) is 7.57. The monoisotopic (exact) mass is 231 g/mol. The molecule has 0 spiro atoms. The lowest BCUT2D eigenvalue weighted by Crippen LogP contribution is -2.51. The van der Waals surface area contributed by atoms with Gasteiger partial charge in [0.15, 0.2) is 5.69 Å². The summed E-state index contributed by atoms with van der Waals surface area (Å²) in [5, 5.41) is 16.7. The third kappa shape index (κ3) is 1.59. The van der Waals surface area contributed by atoms with Crippen molar-refractivity contribution < 1.29 is 9.90 Å². The summed E-state index contributed by atoms with van der Waals surface area (Å²) in [6.07, 6.45) is 0. The minimum Gasteiger partial charge on any atom is -0.396 e. The number of carbonyl (C=O) groups is 1. The fourth-order valence-electron chi connectivity index (χ4n) is 2.13. The van der Waals surface area contributed by atoms with Crippen LogP contribution in [0.2, 0.25) is 0 Å². The number of para-hydroxylation sites is 1. The normalized spacial score (nSPS) is 16.2.